The molecule has 1 amide bonds. The summed E-state index contributed by atoms with van der Waals surface area (Å²) in [5.41, 5.74) is 0.329. The zero-order valence-electron chi connectivity index (χ0n) is 14.2. The Labute approximate surface area is 146 Å². The van der Waals surface area contributed by atoms with Gasteiger partial charge in [-0.15, -0.1) is 0 Å². The van der Waals surface area contributed by atoms with Gasteiger partial charge >= 0.3 is 0 Å². The third-order valence-corrected chi connectivity index (χ3v) is 4.90. The highest BCUT2D eigenvalue weighted by Crippen LogP contribution is 2.30. The van der Waals surface area contributed by atoms with Crippen LogP contribution in [0.3, 0.4) is 0 Å². The van der Waals surface area contributed by atoms with Gasteiger partial charge in [0, 0.05) is 31.6 Å². The number of fused-ring (bicyclic) bond motifs is 1. The third-order valence-electron chi connectivity index (χ3n) is 4.90. The van der Waals surface area contributed by atoms with E-state index in [0.717, 1.165) is 44.1 Å². The number of aromatic nitrogens is 2. The molecule has 0 spiro atoms. The second-order valence-corrected chi connectivity index (χ2v) is 6.66. The van der Waals surface area contributed by atoms with E-state index in [2.05, 4.69) is 20.2 Å². The van der Waals surface area contributed by atoms with Gasteiger partial charge in [-0.05, 0) is 31.9 Å². The molecule has 3 atom stereocenters. The number of hydrogen-bond acceptors (Lipinski definition) is 6. The van der Waals surface area contributed by atoms with E-state index >= 15 is 0 Å². The van der Waals surface area contributed by atoms with Crippen LogP contribution in [0.2, 0.25) is 0 Å². The molecule has 2 aromatic rings. The summed E-state index contributed by atoms with van der Waals surface area (Å²) in [7, 11) is 0. The highest BCUT2D eigenvalue weighted by atomic mass is 16.5. The molecule has 25 heavy (non-hydrogen) atoms. The lowest BCUT2D eigenvalue weighted by Gasteiger charge is -2.32. The topological polar surface area (TPSA) is 80.5 Å². The Bertz CT molecular complexity index is 733. The molecule has 0 aromatic carbocycles. The van der Waals surface area contributed by atoms with Crippen molar-refractivity contribution < 1.29 is 13.9 Å². The summed E-state index contributed by atoms with van der Waals surface area (Å²) in [6.45, 7) is 4.16. The molecule has 0 bridgehead atoms. The van der Waals surface area contributed by atoms with Crippen LogP contribution in [0.5, 0.6) is 0 Å². The first kappa shape index (κ1) is 16.2. The lowest BCUT2D eigenvalue weighted by Crippen LogP contribution is -2.47. The Balaban J connectivity index is 1.47. The van der Waals surface area contributed by atoms with E-state index in [4.69, 9.17) is 9.15 Å². The molecule has 4 rings (SSSR count). The number of carbonyl (C=O) groups excluding carboxylic acids is 1. The Morgan fingerprint density at radius 2 is 2.32 bits per heavy atom. The van der Waals surface area contributed by atoms with Gasteiger partial charge in [0.05, 0.1) is 24.9 Å². The fraction of sp³-hybridized carbons (Fsp3) is 0.500. The van der Waals surface area contributed by atoms with Gasteiger partial charge in [-0.2, -0.15) is 0 Å². The zero-order valence-corrected chi connectivity index (χ0v) is 14.2. The lowest BCUT2D eigenvalue weighted by molar-refractivity contribution is -0.0219. The molecule has 0 radical (unpaired) electrons. The van der Waals surface area contributed by atoms with Crippen molar-refractivity contribution in [3.8, 4) is 0 Å². The summed E-state index contributed by atoms with van der Waals surface area (Å²) in [5.74, 6) is 1.66. The normalized spacial score (nSPS) is 26.4. The van der Waals surface area contributed by atoms with E-state index in [-0.39, 0.29) is 18.1 Å². The average Bonchev–Trinajstić information content (AvgIpc) is 3.20. The molecule has 2 saturated heterocycles. The van der Waals surface area contributed by atoms with E-state index in [1.165, 1.54) is 12.4 Å². The van der Waals surface area contributed by atoms with Crippen molar-refractivity contribution in [1.29, 1.82) is 0 Å². The number of amides is 1. The molecule has 0 aliphatic carbocycles. The van der Waals surface area contributed by atoms with Crippen molar-refractivity contribution in [2.45, 2.75) is 44.5 Å². The van der Waals surface area contributed by atoms with Crippen LogP contribution >= 0.6 is 0 Å². The highest BCUT2D eigenvalue weighted by Gasteiger charge is 2.44. The number of hydrogen-bond donors (Lipinski definition) is 1. The molecule has 2 fully saturated rings. The number of aryl methyl sites for hydroxylation is 1. The Hall–Kier alpha value is -2.25. The van der Waals surface area contributed by atoms with Gasteiger partial charge in [0.25, 0.3) is 5.91 Å². The number of carbonyl (C=O) groups is 1. The second kappa shape index (κ2) is 6.93. The lowest BCUT2D eigenvalue weighted by atomic mass is 10.0. The van der Waals surface area contributed by atoms with Gasteiger partial charge in [0.2, 0.25) is 0 Å². The molecule has 4 heterocycles. The molecule has 7 nitrogen and oxygen atoms in total. The minimum absolute atomic E-state index is 0.00503. The average molecular weight is 342 g/mol. The molecule has 132 valence electrons. The summed E-state index contributed by atoms with van der Waals surface area (Å²) in [4.78, 5) is 22.8. The smallest absolute Gasteiger partial charge is 0.271 e. The van der Waals surface area contributed by atoms with Crippen LogP contribution < -0.4 is 5.32 Å². The van der Waals surface area contributed by atoms with Crippen LogP contribution in [-0.4, -0.2) is 52.1 Å². The number of likely N-dealkylation sites (tertiary alicyclic amines) is 1. The van der Waals surface area contributed by atoms with E-state index in [1.54, 1.807) is 6.20 Å². The largest absolute Gasteiger partial charge is 0.465 e. The first-order valence-corrected chi connectivity index (χ1v) is 8.68. The third kappa shape index (κ3) is 3.43. The molecule has 2 aliphatic rings. The summed E-state index contributed by atoms with van der Waals surface area (Å²) < 4.78 is 11.7. The second-order valence-electron chi connectivity index (χ2n) is 6.66. The fourth-order valence-electron chi connectivity index (χ4n) is 3.79. The van der Waals surface area contributed by atoms with Crippen molar-refractivity contribution in [2.75, 3.05) is 13.2 Å². The molecule has 1 N–H and O–H groups in total. The maximum atomic E-state index is 12.4. The summed E-state index contributed by atoms with van der Waals surface area (Å²) in [5, 5.41) is 3.08. The van der Waals surface area contributed by atoms with Crippen molar-refractivity contribution in [3.05, 3.63) is 47.9 Å². The molecular formula is C18H22N4O3. The van der Waals surface area contributed by atoms with Crippen LogP contribution in [0.25, 0.3) is 0 Å². The summed E-state index contributed by atoms with van der Waals surface area (Å²) >= 11 is 0. The number of rotatable bonds is 4. The predicted octanol–water partition coefficient (Wildman–Crippen LogP) is 1.54. The van der Waals surface area contributed by atoms with Crippen molar-refractivity contribution in [1.82, 2.24) is 20.2 Å². The van der Waals surface area contributed by atoms with Crippen LogP contribution in [-0.2, 0) is 11.3 Å². The van der Waals surface area contributed by atoms with E-state index < -0.39 is 0 Å². The molecule has 2 aromatic heterocycles. The quantitative estimate of drug-likeness (QED) is 0.908. The van der Waals surface area contributed by atoms with Crippen molar-refractivity contribution in [3.63, 3.8) is 0 Å². The van der Waals surface area contributed by atoms with Crippen molar-refractivity contribution in [2.24, 2.45) is 0 Å². The monoisotopic (exact) mass is 342 g/mol. The molecule has 7 heteroatoms. The van der Waals surface area contributed by atoms with Gasteiger partial charge in [0.15, 0.2) is 0 Å². The maximum absolute atomic E-state index is 12.4. The Morgan fingerprint density at radius 1 is 1.40 bits per heavy atom. The van der Waals surface area contributed by atoms with E-state index in [9.17, 15) is 4.79 Å². The SMILES string of the molecule is Cc1ccc(CN2C[C@H](NC(=O)c3cnccn3)[C@@H]3OCCC[C@@H]32)o1. The van der Waals surface area contributed by atoms with Gasteiger partial charge in [0.1, 0.15) is 17.2 Å². The number of ether oxygens (including phenoxy) is 1. The number of furan rings is 1. The van der Waals surface area contributed by atoms with Gasteiger partial charge in [-0.1, -0.05) is 0 Å². The van der Waals surface area contributed by atoms with E-state index in [0.29, 0.717) is 11.7 Å². The fourth-order valence-corrected chi connectivity index (χ4v) is 3.79. The van der Waals surface area contributed by atoms with Crippen LogP contribution in [0.1, 0.15) is 34.9 Å². The predicted molar refractivity (Wildman–Crippen MR) is 89.9 cm³/mol. The first-order chi connectivity index (χ1) is 12.2. The van der Waals surface area contributed by atoms with Crippen molar-refractivity contribution >= 4 is 5.91 Å². The number of nitrogens with one attached hydrogen (secondary N) is 1. The van der Waals surface area contributed by atoms with Gasteiger partial charge in [-0.25, -0.2) is 4.98 Å². The van der Waals surface area contributed by atoms with Crippen LogP contribution in [0, 0.1) is 6.92 Å². The van der Waals surface area contributed by atoms with Gasteiger partial charge < -0.3 is 14.5 Å². The Kier molecular flexibility index (Phi) is 4.50. The number of nitrogens with zero attached hydrogens (tertiary/aromatic N) is 3. The molecule has 2 aliphatic heterocycles. The molecular weight excluding hydrogens is 320 g/mol. The van der Waals surface area contributed by atoms with Crippen LogP contribution in [0.15, 0.2) is 35.1 Å². The molecule has 0 unspecified atom stereocenters. The van der Waals surface area contributed by atoms with E-state index in [1.807, 2.05) is 19.1 Å². The first-order valence-electron chi connectivity index (χ1n) is 8.68. The Morgan fingerprint density at radius 3 is 3.08 bits per heavy atom. The minimum Gasteiger partial charge on any atom is -0.465 e. The van der Waals surface area contributed by atoms with Crippen LogP contribution in [0.4, 0.5) is 0 Å². The minimum atomic E-state index is -0.207. The summed E-state index contributed by atoms with van der Waals surface area (Å²) in [6.07, 6.45) is 6.67. The summed E-state index contributed by atoms with van der Waals surface area (Å²) in [6, 6.07) is 4.23. The standard InChI is InChI=1S/C18H22N4O3/c1-12-4-5-13(25-12)10-22-11-15(17-16(22)3-2-8-24-17)21-18(23)14-9-19-6-7-20-14/h4-7,9,15-17H,2-3,8,10-11H2,1H3,(H,21,23)/t15-,16-,17-/m0/s1. The molecule has 0 saturated carbocycles. The highest BCUT2D eigenvalue weighted by molar-refractivity contribution is 5.92. The zero-order chi connectivity index (χ0) is 17.2. The maximum Gasteiger partial charge on any atom is 0.271 e. The van der Waals surface area contributed by atoms with Gasteiger partial charge in [-0.3, -0.25) is 14.7 Å².